The fourth-order valence-corrected chi connectivity index (χ4v) is 1.58. The third-order valence-electron chi connectivity index (χ3n) is 3.30. The summed E-state index contributed by atoms with van der Waals surface area (Å²) in [6.45, 7) is 4.20. The Morgan fingerprint density at radius 3 is 1.35 bits per heavy atom. The highest BCUT2D eigenvalue weighted by Crippen LogP contribution is 2.39. The minimum Gasteiger partial charge on any atom is -0.385 e. The predicted molar refractivity (Wildman–Crippen MR) is 60.9 cm³/mol. The summed E-state index contributed by atoms with van der Waals surface area (Å²) in [7, 11) is 0. The van der Waals surface area contributed by atoms with Crippen LogP contribution < -0.4 is 0 Å². The summed E-state index contributed by atoms with van der Waals surface area (Å²) < 4.78 is 76.1. The van der Waals surface area contributed by atoms with E-state index in [0.29, 0.717) is 12.1 Å². The van der Waals surface area contributed by atoms with Crippen molar-refractivity contribution in [3.63, 3.8) is 0 Å². The lowest BCUT2D eigenvalue weighted by atomic mass is 9.83. The lowest BCUT2D eigenvalue weighted by molar-refractivity contribution is -0.143. The van der Waals surface area contributed by atoms with Gasteiger partial charge in [-0.1, -0.05) is 13.8 Å². The van der Waals surface area contributed by atoms with Crippen molar-refractivity contribution in [3.05, 3.63) is 34.9 Å². The Hall–Kier alpha value is -1.24. The van der Waals surface area contributed by atoms with Crippen LogP contribution in [-0.2, 0) is 18.0 Å². The summed E-state index contributed by atoms with van der Waals surface area (Å²) in [5, 5.41) is 10.1. The Morgan fingerprint density at radius 1 is 0.800 bits per heavy atom. The fourth-order valence-electron chi connectivity index (χ4n) is 1.58. The molecular formula is C13H14F6O. The molecule has 114 valence electrons. The second-order valence-corrected chi connectivity index (χ2v) is 5.10. The van der Waals surface area contributed by atoms with Gasteiger partial charge in [-0.15, -0.1) is 0 Å². The van der Waals surface area contributed by atoms with Crippen molar-refractivity contribution in [2.24, 2.45) is 5.92 Å². The molecule has 1 rings (SSSR count). The number of alkyl halides is 6. The quantitative estimate of drug-likeness (QED) is 0.792. The lowest BCUT2D eigenvalue weighted by Crippen LogP contribution is -2.29. The number of benzene rings is 1. The third-order valence-corrected chi connectivity index (χ3v) is 3.30. The van der Waals surface area contributed by atoms with Gasteiger partial charge >= 0.3 is 12.4 Å². The molecule has 0 aromatic heterocycles. The van der Waals surface area contributed by atoms with Gasteiger partial charge in [0.15, 0.2) is 0 Å². The standard InChI is InChI=1S/C13H14F6O/c1-7(2)11(3,20)8-4-9(12(14,15)16)6-10(5-8)13(17,18)19/h4-7,20H,1-3H3/t11-/m1/s1. The van der Waals surface area contributed by atoms with Crippen molar-refractivity contribution in [1.29, 1.82) is 0 Å². The molecule has 0 amide bonds. The van der Waals surface area contributed by atoms with Crippen LogP contribution in [0.1, 0.15) is 37.5 Å². The van der Waals surface area contributed by atoms with Gasteiger partial charge in [0.25, 0.3) is 0 Å². The van der Waals surface area contributed by atoms with Crippen molar-refractivity contribution >= 4 is 0 Å². The number of hydrogen-bond donors (Lipinski definition) is 1. The van der Waals surface area contributed by atoms with E-state index in [-0.39, 0.29) is 6.07 Å². The molecule has 1 nitrogen and oxygen atoms in total. The highest BCUT2D eigenvalue weighted by Gasteiger charge is 2.39. The minimum absolute atomic E-state index is 0.0416. The monoisotopic (exact) mass is 300 g/mol. The van der Waals surface area contributed by atoms with E-state index in [1.54, 1.807) is 0 Å². The maximum Gasteiger partial charge on any atom is 0.416 e. The van der Waals surface area contributed by atoms with E-state index in [1.165, 1.54) is 20.8 Å². The molecule has 0 aliphatic carbocycles. The molecule has 0 heterocycles. The maximum atomic E-state index is 12.7. The highest BCUT2D eigenvalue weighted by atomic mass is 19.4. The van der Waals surface area contributed by atoms with Gasteiger partial charge in [-0.2, -0.15) is 26.3 Å². The van der Waals surface area contributed by atoms with Crippen molar-refractivity contribution in [2.45, 2.75) is 38.7 Å². The largest absolute Gasteiger partial charge is 0.416 e. The molecule has 1 atom stereocenters. The van der Waals surface area contributed by atoms with Gasteiger partial charge in [0.05, 0.1) is 16.7 Å². The zero-order valence-corrected chi connectivity index (χ0v) is 11.0. The minimum atomic E-state index is -4.91. The zero-order valence-electron chi connectivity index (χ0n) is 11.0. The predicted octanol–water partition coefficient (Wildman–Crippen LogP) is 4.59. The van der Waals surface area contributed by atoms with E-state index < -0.39 is 40.6 Å². The average molecular weight is 300 g/mol. The number of hydrogen-bond acceptors (Lipinski definition) is 1. The molecule has 0 saturated carbocycles. The Bertz CT molecular complexity index is 452. The van der Waals surface area contributed by atoms with Crippen LogP contribution in [0.3, 0.4) is 0 Å². The first kappa shape index (κ1) is 16.8. The Balaban J connectivity index is 3.55. The van der Waals surface area contributed by atoms with E-state index in [2.05, 4.69) is 0 Å². The van der Waals surface area contributed by atoms with Gasteiger partial charge < -0.3 is 5.11 Å². The molecule has 1 aromatic rings. The van der Waals surface area contributed by atoms with Crippen LogP contribution in [0.15, 0.2) is 18.2 Å². The zero-order chi connectivity index (χ0) is 15.9. The van der Waals surface area contributed by atoms with Crippen LogP contribution in [0.25, 0.3) is 0 Å². The molecule has 0 saturated heterocycles. The van der Waals surface area contributed by atoms with Crippen molar-refractivity contribution in [3.8, 4) is 0 Å². The summed E-state index contributed by atoms with van der Waals surface area (Å²) in [5.41, 5.74) is -5.05. The van der Waals surface area contributed by atoms with Gasteiger partial charge in [0.1, 0.15) is 0 Å². The van der Waals surface area contributed by atoms with Crippen LogP contribution in [0, 0.1) is 5.92 Å². The summed E-state index contributed by atoms with van der Waals surface area (Å²) in [4.78, 5) is 0. The van der Waals surface area contributed by atoms with Crippen LogP contribution >= 0.6 is 0 Å². The number of halogens is 6. The topological polar surface area (TPSA) is 20.2 Å². The molecule has 0 fully saturated rings. The van der Waals surface area contributed by atoms with Crippen molar-refractivity contribution in [1.82, 2.24) is 0 Å². The lowest BCUT2D eigenvalue weighted by Gasteiger charge is -2.29. The van der Waals surface area contributed by atoms with E-state index >= 15 is 0 Å². The Labute approximate surface area is 112 Å². The molecule has 0 unspecified atom stereocenters. The summed E-state index contributed by atoms with van der Waals surface area (Å²) >= 11 is 0. The second kappa shape index (κ2) is 4.95. The molecule has 1 aromatic carbocycles. The first-order chi connectivity index (χ1) is 8.76. The molecule has 0 radical (unpaired) electrons. The normalized spacial score (nSPS) is 16.4. The average Bonchev–Trinajstić information content (AvgIpc) is 2.25. The first-order valence-electron chi connectivity index (χ1n) is 5.78. The third kappa shape index (κ3) is 3.45. The van der Waals surface area contributed by atoms with Gasteiger partial charge in [-0.3, -0.25) is 0 Å². The highest BCUT2D eigenvalue weighted by molar-refractivity contribution is 5.36. The van der Waals surface area contributed by atoms with Crippen LogP contribution in [-0.4, -0.2) is 5.11 Å². The summed E-state index contributed by atoms with van der Waals surface area (Å²) in [6.07, 6.45) is -9.83. The molecule has 7 heteroatoms. The van der Waals surface area contributed by atoms with Gasteiger partial charge in [0, 0.05) is 0 Å². The van der Waals surface area contributed by atoms with E-state index in [0.717, 1.165) is 0 Å². The molecule has 1 N–H and O–H groups in total. The molecule has 20 heavy (non-hydrogen) atoms. The van der Waals surface area contributed by atoms with Gasteiger partial charge in [0.2, 0.25) is 0 Å². The number of aliphatic hydroxyl groups is 1. The Morgan fingerprint density at radius 2 is 1.10 bits per heavy atom. The fraction of sp³-hybridized carbons (Fsp3) is 0.538. The summed E-state index contributed by atoms with van der Waals surface area (Å²) in [5.74, 6) is -0.549. The first-order valence-corrected chi connectivity index (χ1v) is 5.78. The summed E-state index contributed by atoms with van der Waals surface area (Å²) in [6, 6.07) is 1.14. The maximum absolute atomic E-state index is 12.7. The van der Waals surface area contributed by atoms with Crippen LogP contribution in [0.5, 0.6) is 0 Å². The van der Waals surface area contributed by atoms with Crippen LogP contribution in [0.2, 0.25) is 0 Å². The number of rotatable bonds is 2. The van der Waals surface area contributed by atoms with Crippen LogP contribution in [0.4, 0.5) is 26.3 Å². The van der Waals surface area contributed by atoms with Gasteiger partial charge in [-0.05, 0) is 36.6 Å². The Kier molecular flexibility index (Phi) is 4.16. The van der Waals surface area contributed by atoms with Gasteiger partial charge in [-0.25, -0.2) is 0 Å². The van der Waals surface area contributed by atoms with E-state index in [1.807, 2.05) is 0 Å². The van der Waals surface area contributed by atoms with E-state index in [4.69, 9.17) is 0 Å². The molecule has 0 aliphatic heterocycles. The smallest absolute Gasteiger partial charge is 0.385 e. The van der Waals surface area contributed by atoms with Crippen molar-refractivity contribution in [2.75, 3.05) is 0 Å². The van der Waals surface area contributed by atoms with E-state index in [9.17, 15) is 31.4 Å². The van der Waals surface area contributed by atoms with Crippen molar-refractivity contribution < 1.29 is 31.4 Å². The molecule has 0 bridgehead atoms. The molecular weight excluding hydrogens is 286 g/mol. The molecule has 0 spiro atoms. The molecule has 0 aliphatic rings. The SMILES string of the molecule is CC(C)[C@@](C)(O)c1cc(C(F)(F)F)cc(C(F)(F)F)c1. The second-order valence-electron chi connectivity index (χ2n) is 5.10.